The Morgan fingerprint density at radius 2 is 2.08 bits per heavy atom. The molecule has 1 heterocycles. The summed E-state index contributed by atoms with van der Waals surface area (Å²) in [6.45, 7) is 1.41. The first-order valence-corrected chi connectivity index (χ1v) is 8.14. The molecular weight excluding hydrogens is 307 g/mol. The van der Waals surface area contributed by atoms with Gasteiger partial charge in [-0.2, -0.15) is 10.5 Å². The van der Waals surface area contributed by atoms with E-state index in [-0.39, 0.29) is 24.8 Å². The summed E-state index contributed by atoms with van der Waals surface area (Å²) in [5.74, 6) is -0.398. The lowest BCUT2D eigenvalue weighted by Crippen LogP contribution is -2.37. The number of hydrogen-bond acceptors (Lipinski definition) is 4. The van der Waals surface area contributed by atoms with Crippen molar-refractivity contribution in [1.29, 1.82) is 10.5 Å². The van der Waals surface area contributed by atoms with Gasteiger partial charge in [0.1, 0.15) is 18.9 Å². The lowest BCUT2D eigenvalue weighted by atomic mass is 10.0. The van der Waals surface area contributed by atoms with Crippen molar-refractivity contribution in [2.24, 2.45) is 0 Å². The Kier molecular flexibility index (Phi) is 6.72. The number of nitrogens with zero attached hydrogens (tertiary/aromatic N) is 4. The molecule has 1 fully saturated rings. The first-order valence-electron chi connectivity index (χ1n) is 8.14. The summed E-state index contributed by atoms with van der Waals surface area (Å²) in [5.41, 5.74) is 0.966. The summed E-state index contributed by atoms with van der Waals surface area (Å²) in [5, 5.41) is 17.5. The molecule has 2 rings (SSSR count). The van der Waals surface area contributed by atoms with E-state index in [9.17, 15) is 9.18 Å². The number of benzene rings is 1. The molecule has 0 saturated carbocycles. The second kappa shape index (κ2) is 9.00. The first-order chi connectivity index (χ1) is 11.6. The standard InChI is InChI=1S/C18H21FN4O/c19-16-4-1-3-15(13-16)14-17-5-2-9-22(17)10-6-18(24)23(11-7-20)12-8-21/h1,3-4,13,17H,2,5-6,9-12,14H2/t17-/m1/s1. The molecule has 1 aromatic rings. The molecule has 0 radical (unpaired) electrons. The highest BCUT2D eigenvalue weighted by molar-refractivity contribution is 5.76. The number of halogens is 1. The molecule has 1 amide bonds. The van der Waals surface area contributed by atoms with Crippen LogP contribution >= 0.6 is 0 Å². The monoisotopic (exact) mass is 328 g/mol. The summed E-state index contributed by atoms with van der Waals surface area (Å²) in [4.78, 5) is 15.7. The number of hydrogen-bond donors (Lipinski definition) is 0. The van der Waals surface area contributed by atoms with Gasteiger partial charge in [0.25, 0.3) is 0 Å². The second-order valence-corrected chi connectivity index (χ2v) is 5.98. The third-order valence-corrected chi connectivity index (χ3v) is 4.35. The lowest BCUT2D eigenvalue weighted by molar-refractivity contribution is -0.130. The van der Waals surface area contributed by atoms with Crippen LogP contribution in [0.4, 0.5) is 4.39 Å². The van der Waals surface area contributed by atoms with Crippen LogP contribution in [0.25, 0.3) is 0 Å². The summed E-state index contributed by atoms with van der Waals surface area (Å²) < 4.78 is 13.3. The van der Waals surface area contributed by atoms with Crippen molar-refractivity contribution in [2.45, 2.75) is 31.7 Å². The number of carbonyl (C=O) groups excluding carboxylic acids is 1. The molecule has 126 valence electrons. The molecule has 1 aromatic carbocycles. The zero-order valence-corrected chi connectivity index (χ0v) is 13.6. The summed E-state index contributed by atoms with van der Waals surface area (Å²) in [6, 6.07) is 10.8. The molecule has 1 aliphatic rings. The van der Waals surface area contributed by atoms with Gasteiger partial charge in [-0.15, -0.1) is 0 Å². The molecule has 0 spiro atoms. The fourth-order valence-electron chi connectivity index (χ4n) is 3.16. The SMILES string of the molecule is N#CCN(CC#N)C(=O)CCN1CCC[C@@H]1Cc1cccc(F)c1. The summed E-state index contributed by atoms with van der Waals surface area (Å²) in [6.07, 6.45) is 3.16. The Bertz CT molecular complexity index is 633. The van der Waals surface area contributed by atoms with Crippen LogP contribution in [0, 0.1) is 28.5 Å². The molecule has 6 heteroatoms. The number of amides is 1. The van der Waals surface area contributed by atoms with Gasteiger partial charge in [-0.3, -0.25) is 9.69 Å². The van der Waals surface area contributed by atoms with E-state index in [4.69, 9.17) is 10.5 Å². The second-order valence-electron chi connectivity index (χ2n) is 5.98. The van der Waals surface area contributed by atoms with Crippen molar-refractivity contribution in [1.82, 2.24) is 9.80 Å². The van der Waals surface area contributed by atoms with E-state index in [2.05, 4.69) is 4.90 Å². The van der Waals surface area contributed by atoms with E-state index in [0.717, 1.165) is 31.4 Å². The molecule has 24 heavy (non-hydrogen) atoms. The molecule has 1 atom stereocenters. The van der Waals surface area contributed by atoms with Crippen molar-refractivity contribution < 1.29 is 9.18 Å². The molecule has 5 nitrogen and oxygen atoms in total. The van der Waals surface area contributed by atoms with E-state index in [1.54, 1.807) is 12.1 Å². The van der Waals surface area contributed by atoms with Gasteiger partial charge in [0.15, 0.2) is 0 Å². The van der Waals surface area contributed by atoms with Crippen LogP contribution in [-0.2, 0) is 11.2 Å². The Balaban J connectivity index is 1.88. The normalized spacial score (nSPS) is 17.2. The molecule has 0 aromatic heterocycles. The molecule has 0 N–H and O–H groups in total. The maximum Gasteiger partial charge on any atom is 0.225 e. The van der Waals surface area contributed by atoms with Crippen molar-refractivity contribution in [3.63, 3.8) is 0 Å². The van der Waals surface area contributed by atoms with Crippen LogP contribution in [0.3, 0.4) is 0 Å². The fourth-order valence-corrected chi connectivity index (χ4v) is 3.16. The smallest absolute Gasteiger partial charge is 0.225 e. The minimum atomic E-state index is -0.226. The number of likely N-dealkylation sites (tertiary alicyclic amines) is 1. The fraction of sp³-hybridized carbons (Fsp3) is 0.500. The van der Waals surface area contributed by atoms with Gasteiger partial charge in [-0.05, 0) is 43.5 Å². The molecule has 1 saturated heterocycles. The van der Waals surface area contributed by atoms with Crippen molar-refractivity contribution >= 4 is 5.91 Å². The number of rotatable bonds is 7. The number of nitriles is 2. The highest BCUT2D eigenvalue weighted by atomic mass is 19.1. The van der Waals surface area contributed by atoms with Crippen molar-refractivity contribution in [2.75, 3.05) is 26.2 Å². The molecular formula is C18H21FN4O. The Hall–Kier alpha value is -2.44. The quantitative estimate of drug-likeness (QED) is 0.719. The van der Waals surface area contributed by atoms with Gasteiger partial charge in [-0.1, -0.05) is 12.1 Å². The van der Waals surface area contributed by atoms with Gasteiger partial charge in [-0.25, -0.2) is 4.39 Å². The average molecular weight is 328 g/mol. The van der Waals surface area contributed by atoms with E-state index in [0.29, 0.717) is 19.0 Å². The maximum absolute atomic E-state index is 13.3. The lowest BCUT2D eigenvalue weighted by Gasteiger charge is -2.25. The number of carbonyl (C=O) groups is 1. The van der Waals surface area contributed by atoms with Crippen LogP contribution in [0.2, 0.25) is 0 Å². The van der Waals surface area contributed by atoms with E-state index in [1.165, 1.54) is 11.0 Å². The van der Waals surface area contributed by atoms with E-state index in [1.807, 2.05) is 18.2 Å². The summed E-state index contributed by atoms with van der Waals surface area (Å²) in [7, 11) is 0. The maximum atomic E-state index is 13.3. The molecule has 1 aliphatic heterocycles. The minimum Gasteiger partial charge on any atom is -0.316 e. The van der Waals surface area contributed by atoms with Gasteiger partial charge >= 0.3 is 0 Å². The minimum absolute atomic E-state index is 0.0564. The molecule has 0 aliphatic carbocycles. The van der Waals surface area contributed by atoms with Gasteiger partial charge < -0.3 is 4.90 Å². The van der Waals surface area contributed by atoms with Crippen LogP contribution < -0.4 is 0 Å². The predicted octanol–water partition coefficient (Wildman–Crippen LogP) is 2.10. The Morgan fingerprint density at radius 1 is 1.33 bits per heavy atom. The van der Waals surface area contributed by atoms with Crippen LogP contribution in [-0.4, -0.2) is 47.9 Å². The Labute approximate surface area is 141 Å². The molecule has 0 unspecified atom stereocenters. The Morgan fingerprint density at radius 3 is 2.75 bits per heavy atom. The highest BCUT2D eigenvalue weighted by Crippen LogP contribution is 2.21. The van der Waals surface area contributed by atoms with Gasteiger partial charge in [0.05, 0.1) is 12.1 Å². The third-order valence-electron chi connectivity index (χ3n) is 4.35. The van der Waals surface area contributed by atoms with Gasteiger partial charge in [0, 0.05) is 19.0 Å². The van der Waals surface area contributed by atoms with Crippen molar-refractivity contribution in [3.05, 3.63) is 35.6 Å². The van der Waals surface area contributed by atoms with Crippen LogP contribution in [0.1, 0.15) is 24.8 Å². The van der Waals surface area contributed by atoms with E-state index < -0.39 is 0 Å². The van der Waals surface area contributed by atoms with Crippen LogP contribution in [0.15, 0.2) is 24.3 Å². The predicted molar refractivity (Wildman–Crippen MR) is 87.1 cm³/mol. The van der Waals surface area contributed by atoms with Crippen molar-refractivity contribution in [3.8, 4) is 12.1 Å². The highest BCUT2D eigenvalue weighted by Gasteiger charge is 2.25. The van der Waals surface area contributed by atoms with E-state index >= 15 is 0 Å². The largest absolute Gasteiger partial charge is 0.316 e. The van der Waals surface area contributed by atoms with Crippen LogP contribution in [0.5, 0.6) is 0 Å². The molecule has 0 bridgehead atoms. The summed E-state index contributed by atoms with van der Waals surface area (Å²) >= 11 is 0. The zero-order chi connectivity index (χ0) is 17.4. The third kappa shape index (κ3) is 5.04. The average Bonchev–Trinajstić information content (AvgIpc) is 2.99. The topological polar surface area (TPSA) is 71.1 Å². The zero-order valence-electron chi connectivity index (χ0n) is 13.6. The first kappa shape index (κ1) is 17.9. The van der Waals surface area contributed by atoms with Gasteiger partial charge in [0.2, 0.25) is 5.91 Å².